The van der Waals surface area contributed by atoms with Gasteiger partial charge in [0.05, 0.1) is 47.0 Å². The summed E-state index contributed by atoms with van der Waals surface area (Å²) < 4.78 is 27.2. The van der Waals surface area contributed by atoms with Crippen molar-refractivity contribution in [2.75, 3.05) is 35.5 Å². The highest BCUT2D eigenvalue weighted by Gasteiger charge is 2.32. The van der Waals surface area contributed by atoms with Crippen LogP contribution in [0.5, 0.6) is 28.7 Å². The van der Waals surface area contributed by atoms with Gasteiger partial charge < -0.3 is 29.0 Å². The lowest BCUT2D eigenvalue weighted by Gasteiger charge is -2.28. The molecule has 0 aliphatic rings. The van der Waals surface area contributed by atoms with E-state index >= 15 is 0 Å². The van der Waals surface area contributed by atoms with Crippen molar-refractivity contribution in [2.24, 2.45) is 0 Å². The molecular weight excluding hydrogens is 460 g/mol. The number of amides is 1. The van der Waals surface area contributed by atoms with E-state index < -0.39 is 5.41 Å². The summed E-state index contributed by atoms with van der Waals surface area (Å²) in [6, 6.07) is 11.9. The number of nitrogens with one attached hydrogen (secondary N) is 1. The van der Waals surface area contributed by atoms with E-state index in [-0.39, 0.29) is 6.04 Å². The van der Waals surface area contributed by atoms with Crippen LogP contribution in [0.15, 0.2) is 30.3 Å². The average molecular weight is 499 g/mol. The van der Waals surface area contributed by atoms with E-state index in [4.69, 9.17) is 23.7 Å². The molecule has 0 bridgehead atoms. The zero-order chi connectivity index (χ0) is 26.6. The van der Waals surface area contributed by atoms with E-state index in [1.165, 1.54) is 0 Å². The molecule has 1 amide bonds. The first-order valence-electron chi connectivity index (χ1n) is 12.1. The highest BCUT2D eigenvalue weighted by molar-refractivity contribution is 5.54. The van der Waals surface area contributed by atoms with Crippen molar-refractivity contribution in [3.63, 3.8) is 0 Å². The molecule has 0 saturated heterocycles. The highest BCUT2D eigenvalue weighted by Crippen LogP contribution is 2.40. The Morgan fingerprint density at radius 2 is 1.56 bits per heavy atom. The second-order valence-electron chi connectivity index (χ2n) is 8.63. The predicted molar refractivity (Wildman–Crippen MR) is 138 cm³/mol. The van der Waals surface area contributed by atoms with Crippen LogP contribution in [0.4, 0.5) is 0 Å². The number of nitrogens with zero attached hydrogens (tertiary/aromatic N) is 1. The zero-order valence-electron chi connectivity index (χ0n) is 22.2. The molecule has 0 aliphatic heterocycles. The smallest absolute Gasteiger partial charge is 0.207 e. The molecule has 0 aliphatic carbocycles. The van der Waals surface area contributed by atoms with E-state index in [0.29, 0.717) is 48.0 Å². The van der Waals surface area contributed by atoms with Crippen LogP contribution in [0, 0.1) is 11.3 Å². The molecule has 2 rings (SSSR count). The number of carbonyl (C=O) groups is 1. The molecule has 196 valence electrons. The number of carbonyl (C=O) groups excluding carboxylic acids is 1. The van der Waals surface area contributed by atoms with E-state index in [1.807, 2.05) is 30.3 Å². The van der Waals surface area contributed by atoms with Crippen LogP contribution >= 0.6 is 0 Å². The number of ether oxygens (including phenoxy) is 5. The SMILES string of the molecule is CCC[C@](C#N)(CCC[C@H](Cc1cc(OC)c(OC)c(OC)c1)NC=O)c1ccc(OC)c(OC)c1. The molecule has 2 atom stereocenters. The lowest BCUT2D eigenvalue weighted by atomic mass is 9.74. The summed E-state index contributed by atoms with van der Waals surface area (Å²) in [5, 5.41) is 13.2. The first kappa shape index (κ1) is 28.6. The number of rotatable bonds is 16. The van der Waals surface area contributed by atoms with Gasteiger partial charge in [-0.05, 0) is 67.5 Å². The van der Waals surface area contributed by atoms with Gasteiger partial charge in [0.15, 0.2) is 23.0 Å². The molecule has 1 N–H and O–H groups in total. The maximum absolute atomic E-state index is 11.4. The summed E-state index contributed by atoms with van der Waals surface area (Å²) in [6.45, 7) is 2.08. The van der Waals surface area contributed by atoms with E-state index in [9.17, 15) is 10.1 Å². The Balaban J connectivity index is 2.23. The van der Waals surface area contributed by atoms with Crippen LogP contribution in [0.1, 0.15) is 50.2 Å². The van der Waals surface area contributed by atoms with Gasteiger partial charge in [0.25, 0.3) is 0 Å². The fraction of sp³-hybridized carbons (Fsp3) is 0.500. The summed E-state index contributed by atoms with van der Waals surface area (Å²) in [4.78, 5) is 11.4. The normalized spacial score (nSPS) is 13.0. The molecule has 0 radical (unpaired) electrons. The van der Waals surface area contributed by atoms with Crippen molar-refractivity contribution in [3.8, 4) is 34.8 Å². The van der Waals surface area contributed by atoms with Gasteiger partial charge in [-0.2, -0.15) is 5.26 Å². The Hall–Kier alpha value is -3.60. The average Bonchev–Trinajstić information content (AvgIpc) is 2.91. The summed E-state index contributed by atoms with van der Waals surface area (Å²) in [6.07, 6.45) is 4.99. The van der Waals surface area contributed by atoms with Crippen molar-refractivity contribution >= 4 is 6.41 Å². The Morgan fingerprint density at radius 1 is 0.917 bits per heavy atom. The molecule has 8 heteroatoms. The Labute approximate surface area is 214 Å². The summed E-state index contributed by atoms with van der Waals surface area (Å²) >= 11 is 0. The molecule has 0 saturated carbocycles. The van der Waals surface area contributed by atoms with Gasteiger partial charge in [0.2, 0.25) is 12.2 Å². The monoisotopic (exact) mass is 498 g/mol. The van der Waals surface area contributed by atoms with Gasteiger partial charge in [-0.15, -0.1) is 0 Å². The van der Waals surface area contributed by atoms with Crippen LogP contribution < -0.4 is 29.0 Å². The maximum Gasteiger partial charge on any atom is 0.207 e. The molecule has 2 aromatic carbocycles. The first-order valence-corrected chi connectivity index (χ1v) is 12.1. The molecular formula is C28H38N2O6. The van der Waals surface area contributed by atoms with Gasteiger partial charge in [-0.3, -0.25) is 4.79 Å². The largest absolute Gasteiger partial charge is 0.493 e. The Kier molecular flexibility index (Phi) is 11.2. The van der Waals surface area contributed by atoms with Crippen LogP contribution in [0.25, 0.3) is 0 Å². The summed E-state index contributed by atoms with van der Waals surface area (Å²) in [5.74, 6) is 2.89. The summed E-state index contributed by atoms with van der Waals surface area (Å²) in [7, 11) is 7.90. The lowest BCUT2D eigenvalue weighted by molar-refractivity contribution is -0.110. The van der Waals surface area contributed by atoms with Crippen molar-refractivity contribution in [2.45, 2.75) is 56.9 Å². The fourth-order valence-corrected chi connectivity index (χ4v) is 4.68. The van der Waals surface area contributed by atoms with Crippen LogP contribution in [-0.2, 0) is 16.6 Å². The highest BCUT2D eigenvalue weighted by atomic mass is 16.5. The van der Waals surface area contributed by atoms with Gasteiger partial charge in [-0.1, -0.05) is 19.4 Å². The van der Waals surface area contributed by atoms with Gasteiger partial charge >= 0.3 is 0 Å². The molecule has 0 fully saturated rings. The van der Waals surface area contributed by atoms with Crippen LogP contribution in [0.2, 0.25) is 0 Å². The second-order valence-corrected chi connectivity index (χ2v) is 8.63. The zero-order valence-corrected chi connectivity index (χ0v) is 22.2. The second kappa shape index (κ2) is 14.1. The Bertz CT molecular complexity index is 1010. The first-order chi connectivity index (χ1) is 17.4. The lowest BCUT2D eigenvalue weighted by Crippen LogP contribution is -2.31. The van der Waals surface area contributed by atoms with Crippen molar-refractivity contribution < 1.29 is 28.5 Å². The molecule has 8 nitrogen and oxygen atoms in total. The van der Waals surface area contributed by atoms with E-state index in [1.54, 1.807) is 35.5 Å². The van der Waals surface area contributed by atoms with Gasteiger partial charge in [0.1, 0.15) is 0 Å². The summed E-state index contributed by atoms with van der Waals surface area (Å²) in [5.41, 5.74) is 1.20. The Morgan fingerprint density at radius 3 is 2.06 bits per heavy atom. The minimum absolute atomic E-state index is 0.117. The van der Waals surface area contributed by atoms with Gasteiger partial charge in [0, 0.05) is 6.04 Å². The number of hydrogen-bond donors (Lipinski definition) is 1. The molecule has 0 heterocycles. The fourth-order valence-electron chi connectivity index (χ4n) is 4.68. The third kappa shape index (κ3) is 6.75. The quantitative estimate of drug-likeness (QED) is 0.331. The molecule has 2 aromatic rings. The van der Waals surface area contributed by atoms with E-state index in [0.717, 1.165) is 36.8 Å². The number of benzene rings is 2. The number of hydrogen-bond acceptors (Lipinski definition) is 7. The van der Waals surface area contributed by atoms with Crippen LogP contribution in [-0.4, -0.2) is 48.0 Å². The minimum Gasteiger partial charge on any atom is -0.493 e. The van der Waals surface area contributed by atoms with Crippen molar-refractivity contribution in [1.29, 1.82) is 5.26 Å². The number of methoxy groups -OCH3 is 5. The molecule has 0 aromatic heterocycles. The van der Waals surface area contributed by atoms with Crippen LogP contribution in [0.3, 0.4) is 0 Å². The predicted octanol–water partition coefficient (Wildman–Crippen LogP) is 4.82. The van der Waals surface area contributed by atoms with Gasteiger partial charge in [-0.25, -0.2) is 0 Å². The third-order valence-corrected chi connectivity index (χ3v) is 6.49. The van der Waals surface area contributed by atoms with Crippen molar-refractivity contribution in [3.05, 3.63) is 41.5 Å². The standard InChI is InChI=1S/C28H38N2O6/c1-7-12-28(18-29,21-10-11-23(32-2)24(17-21)33-3)13-8-9-22(30-19-31)14-20-15-25(34-4)27(36-6)26(16-20)35-5/h10-11,15-17,19,22H,7-9,12-14H2,1-6H3,(H,30,31)/t22-,28-/m1/s1. The molecule has 0 unspecified atom stereocenters. The maximum atomic E-state index is 11.4. The van der Waals surface area contributed by atoms with Crippen molar-refractivity contribution in [1.82, 2.24) is 5.32 Å². The number of nitriles is 1. The topological polar surface area (TPSA) is 99.0 Å². The third-order valence-electron chi connectivity index (χ3n) is 6.49. The minimum atomic E-state index is -0.660. The molecule has 0 spiro atoms. The molecule has 36 heavy (non-hydrogen) atoms. The van der Waals surface area contributed by atoms with E-state index in [2.05, 4.69) is 18.3 Å².